The van der Waals surface area contributed by atoms with Crippen LogP contribution < -0.4 is 5.32 Å². The van der Waals surface area contributed by atoms with Crippen LogP contribution in [0.4, 0.5) is 13.6 Å². The Kier molecular flexibility index (Phi) is 4.53. The number of nitrogens with zero attached hydrogens (tertiary/aromatic N) is 3. The molecule has 1 aliphatic rings. The summed E-state index contributed by atoms with van der Waals surface area (Å²) in [5, 5.41) is 12.3. The van der Waals surface area contributed by atoms with Gasteiger partial charge in [0.25, 0.3) is 0 Å². The number of hydrogen-bond donors (Lipinski definition) is 2. The SMILES string of the molecule is CC1CCN(C(=O)NCc2nccn2C(F)F)CC1O. The van der Waals surface area contributed by atoms with Gasteiger partial charge in [-0.1, -0.05) is 6.92 Å². The monoisotopic (exact) mass is 288 g/mol. The average Bonchev–Trinajstić information content (AvgIpc) is 2.87. The van der Waals surface area contributed by atoms with Crippen molar-refractivity contribution in [2.75, 3.05) is 13.1 Å². The van der Waals surface area contributed by atoms with Crippen molar-refractivity contribution < 1.29 is 18.7 Å². The first-order chi connectivity index (χ1) is 9.49. The van der Waals surface area contributed by atoms with E-state index in [1.54, 1.807) is 0 Å². The minimum absolute atomic E-state index is 0.0711. The number of hydrogen-bond acceptors (Lipinski definition) is 3. The second-order valence-corrected chi connectivity index (χ2v) is 4.97. The fourth-order valence-electron chi connectivity index (χ4n) is 2.16. The lowest BCUT2D eigenvalue weighted by Gasteiger charge is -2.34. The number of carbonyl (C=O) groups excluding carboxylic acids is 1. The molecule has 2 heterocycles. The van der Waals surface area contributed by atoms with Gasteiger partial charge in [0, 0.05) is 25.5 Å². The van der Waals surface area contributed by atoms with Crippen LogP contribution in [0.25, 0.3) is 0 Å². The van der Waals surface area contributed by atoms with E-state index in [-0.39, 0.29) is 30.9 Å². The van der Waals surface area contributed by atoms with Crippen LogP contribution in [-0.4, -0.2) is 44.8 Å². The highest BCUT2D eigenvalue weighted by Crippen LogP contribution is 2.17. The molecule has 1 aromatic rings. The van der Waals surface area contributed by atoms with Crippen LogP contribution >= 0.6 is 0 Å². The van der Waals surface area contributed by atoms with E-state index in [9.17, 15) is 18.7 Å². The molecule has 2 amide bonds. The number of aliphatic hydroxyl groups excluding tert-OH is 1. The molecule has 1 saturated heterocycles. The molecule has 0 spiro atoms. The molecule has 0 aromatic carbocycles. The van der Waals surface area contributed by atoms with Gasteiger partial charge >= 0.3 is 12.6 Å². The smallest absolute Gasteiger partial charge is 0.319 e. The van der Waals surface area contributed by atoms with Crippen LogP contribution in [0.3, 0.4) is 0 Å². The standard InChI is InChI=1S/C12H18F2N4O2/c1-8-2-4-17(7-9(8)19)12(20)16-6-10-15-3-5-18(10)11(13)14/h3,5,8-9,11,19H,2,4,6-7H2,1H3,(H,16,20). The Bertz CT molecular complexity index is 466. The molecule has 2 atom stereocenters. The molecule has 20 heavy (non-hydrogen) atoms. The maximum absolute atomic E-state index is 12.6. The predicted molar refractivity (Wildman–Crippen MR) is 67.1 cm³/mol. The highest BCUT2D eigenvalue weighted by atomic mass is 19.3. The number of halogens is 2. The van der Waals surface area contributed by atoms with Crippen molar-refractivity contribution in [2.45, 2.75) is 32.5 Å². The number of rotatable bonds is 3. The van der Waals surface area contributed by atoms with Crippen LogP contribution in [0.2, 0.25) is 0 Å². The third-order valence-corrected chi connectivity index (χ3v) is 3.56. The second kappa shape index (κ2) is 6.17. The van der Waals surface area contributed by atoms with Gasteiger partial charge in [-0.05, 0) is 12.3 Å². The normalized spacial score (nSPS) is 23.1. The summed E-state index contributed by atoms with van der Waals surface area (Å²) in [4.78, 5) is 17.2. The van der Waals surface area contributed by atoms with E-state index in [4.69, 9.17) is 0 Å². The van der Waals surface area contributed by atoms with Crippen LogP contribution in [-0.2, 0) is 6.54 Å². The minimum atomic E-state index is -2.68. The molecule has 2 N–H and O–H groups in total. The molecule has 8 heteroatoms. The van der Waals surface area contributed by atoms with E-state index in [0.717, 1.165) is 6.42 Å². The molecule has 2 unspecified atom stereocenters. The summed E-state index contributed by atoms with van der Waals surface area (Å²) in [6.45, 7) is -0.0107. The molecule has 0 aliphatic carbocycles. The number of imidazole rings is 1. The largest absolute Gasteiger partial charge is 0.391 e. The summed E-state index contributed by atoms with van der Waals surface area (Å²) in [5.41, 5.74) is 0. The van der Waals surface area contributed by atoms with Gasteiger partial charge in [-0.15, -0.1) is 0 Å². The Morgan fingerprint density at radius 3 is 3.05 bits per heavy atom. The summed E-state index contributed by atoms with van der Waals surface area (Å²) in [6.07, 6.45) is 2.61. The van der Waals surface area contributed by atoms with E-state index in [1.165, 1.54) is 17.3 Å². The van der Waals surface area contributed by atoms with Crippen molar-refractivity contribution in [1.29, 1.82) is 0 Å². The molecule has 0 radical (unpaired) electrons. The zero-order valence-electron chi connectivity index (χ0n) is 11.2. The fourth-order valence-corrected chi connectivity index (χ4v) is 2.16. The van der Waals surface area contributed by atoms with E-state index in [1.807, 2.05) is 6.92 Å². The minimum Gasteiger partial charge on any atom is -0.391 e. The lowest BCUT2D eigenvalue weighted by Crippen LogP contribution is -2.49. The third-order valence-electron chi connectivity index (χ3n) is 3.56. The van der Waals surface area contributed by atoms with Crippen molar-refractivity contribution in [3.8, 4) is 0 Å². The van der Waals surface area contributed by atoms with Gasteiger partial charge in [0.2, 0.25) is 0 Å². The molecule has 2 rings (SSSR count). The van der Waals surface area contributed by atoms with E-state index >= 15 is 0 Å². The van der Waals surface area contributed by atoms with E-state index < -0.39 is 12.7 Å². The van der Waals surface area contributed by atoms with Gasteiger partial charge < -0.3 is 15.3 Å². The Morgan fingerprint density at radius 1 is 1.65 bits per heavy atom. The summed E-state index contributed by atoms with van der Waals surface area (Å²) in [7, 11) is 0. The van der Waals surface area contributed by atoms with Gasteiger partial charge in [0.05, 0.1) is 12.6 Å². The maximum atomic E-state index is 12.6. The highest BCUT2D eigenvalue weighted by molar-refractivity contribution is 5.74. The molecule has 1 aromatic heterocycles. The Balaban J connectivity index is 1.87. The number of nitrogens with one attached hydrogen (secondary N) is 1. The predicted octanol–water partition coefficient (Wildman–Crippen LogP) is 1.19. The summed E-state index contributed by atoms with van der Waals surface area (Å²) in [6, 6.07) is -0.375. The Morgan fingerprint density at radius 2 is 2.40 bits per heavy atom. The molecule has 6 nitrogen and oxygen atoms in total. The van der Waals surface area contributed by atoms with Gasteiger partial charge in [-0.3, -0.25) is 4.57 Å². The average molecular weight is 288 g/mol. The van der Waals surface area contributed by atoms with Crippen molar-refractivity contribution in [2.24, 2.45) is 5.92 Å². The van der Waals surface area contributed by atoms with Crippen LogP contribution in [0.15, 0.2) is 12.4 Å². The van der Waals surface area contributed by atoms with Gasteiger partial charge in [-0.25, -0.2) is 9.78 Å². The number of likely N-dealkylation sites (tertiary alicyclic amines) is 1. The number of amides is 2. The van der Waals surface area contributed by atoms with Crippen LogP contribution in [0.1, 0.15) is 25.7 Å². The number of β-amino-alcohol motifs (C(OH)–C–C–N with tert-alkyl or cyclic N) is 1. The molecule has 112 valence electrons. The molecule has 1 fully saturated rings. The lowest BCUT2D eigenvalue weighted by atomic mass is 9.96. The maximum Gasteiger partial charge on any atom is 0.319 e. The van der Waals surface area contributed by atoms with Crippen molar-refractivity contribution in [3.63, 3.8) is 0 Å². The van der Waals surface area contributed by atoms with E-state index in [0.29, 0.717) is 11.1 Å². The Labute approximate surface area is 115 Å². The summed E-state index contributed by atoms with van der Waals surface area (Å²) in [5.74, 6) is 0.260. The first-order valence-electron chi connectivity index (χ1n) is 6.49. The molecule has 0 saturated carbocycles. The number of piperidine rings is 1. The first-order valence-corrected chi connectivity index (χ1v) is 6.49. The molecule has 0 bridgehead atoms. The van der Waals surface area contributed by atoms with Crippen molar-refractivity contribution in [3.05, 3.63) is 18.2 Å². The van der Waals surface area contributed by atoms with Crippen LogP contribution in [0, 0.1) is 5.92 Å². The molecular formula is C12H18F2N4O2. The summed E-state index contributed by atoms with van der Waals surface area (Å²) >= 11 is 0. The number of carbonyl (C=O) groups is 1. The second-order valence-electron chi connectivity index (χ2n) is 4.97. The number of alkyl halides is 2. The number of aliphatic hydroxyl groups is 1. The number of aromatic nitrogens is 2. The lowest BCUT2D eigenvalue weighted by molar-refractivity contribution is 0.0432. The number of urea groups is 1. The molecule has 1 aliphatic heterocycles. The van der Waals surface area contributed by atoms with Crippen molar-refractivity contribution >= 4 is 6.03 Å². The van der Waals surface area contributed by atoms with Crippen LogP contribution in [0.5, 0.6) is 0 Å². The first kappa shape index (κ1) is 14.7. The molecular weight excluding hydrogens is 270 g/mol. The van der Waals surface area contributed by atoms with E-state index in [2.05, 4.69) is 10.3 Å². The quantitative estimate of drug-likeness (QED) is 0.877. The van der Waals surface area contributed by atoms with Crippen molar-refractivity contribution in [1.82, 2.24) is 19.8 Å². The van der Waals surface area contributed by atoms with Gasteiger partial charge in [0.1, 0.15) is 5.82 Å². The van der Waals surface area contributed by atoms with Gasteiger partial charge in [0.15, 0.2) is 0 Å². The fraction of sp³-hybridized carbons (Fsp3) is 0.667. The summed E-state index contributed by atoms with van der Waals surface area (Å²) < 4.78 is 25.9. The Hall–Kier alpha value is -1.70. The zero-order valence-corrected chi connectivity index (χ0v) is 11.2. The highest BCUT2D eigenvalue weighted by Gasteiger charge is 2.27. The third kappa shape index (κ3) is 3.24. The van der Waals surface area contributed by atoms with Gasteiger partial charge in [-0.2, -0.15) is 8.78 Å². The topological polar surface area (TPSA) is 70.4 Å². The zero-order chi connectivity index (χ0) is 14.7.